The van der Waals surface area contributed by atoms with Crippen LogP contribution in [-0.4, -0.2) is 52.2 Å². The number of carbonyl (C=O) groups is 1. The zero-order valence-electron chi connectivity index (χ0n) is 12.2. The molecule has 0 bridgehead atoms. The number of nitrogens with one attached hydrogen (secondary N) is 1. The molecule has 2 unspecified atom stereocenters. The molecule has 4 heterocycles. The zero-order chi connectivity index (χ0) is 15.0. The molecule has 2 aliphatic rings. The molecule has 2 saturated heterocycles. The molecule has 2 aromatic heterocycles. The van der Waals surface area contributed by atoms with Crippen LogP contribution < -0.4 is 5.32 Å². The molecule has 1 N–H and O–H groups in total. The van der Waals surface area contributed by atoms with Gasteiger partial charge in [-0.2, -0.15) is 14.8 Å². The van der Waals surface area contributed by atoms with Gasteiger partial charge in [0.25, 0.3) is 5.91 Å². The molecule has 2 aromatic rings. The number of hydrogen-bond donors (Lipinski definition) is 1. The van der Waals surface area contributed by atoms with Gasteiger partial charge in [0.1, 0.15) is 5.52 Å². The van der Waals surface area contributed by atoms with Crippen molar-refractivity contribution in [3.05, 3.63) is 30.1 Å². The summed E-state index contributed by atoms with van der Waals surface area (Å²) < 4.78 is 12.8. The van der Waals surface area contributed by atoms with Crippen LogP contribution in [0.2, 0.25) is 0 Å². The van der Waals surface area contributed by atoms with Gasteiger partial charge in [0.2, 0.25) is 0 Å². The fraction of sp³-hybridized carbons (Fsp3) is 0.533. The highest BCUT2D eigenvalue weighted by molar-refractivity contribution is 6.00. The second-order valence-electron chi connectivity index (χ2n) is 5.95. The van der Waals surface area contributed by atoms with Crippen molar-refractivity contribution in [3.63, 3.8) is 0 Å². The first-order valence-corrected chi connectivity index (χ1v) is 7.57. The lowest BCUT2D eigenvalue weighted by Crippen LogP contribution is -2.49. The van der Waals surface area contributed by atoms with E-state index in [1.54, 1.807) is 18.5 Å². The molecule has 22 heavy (non-hydrogen) atoms. The minimum absolute atomic E-state index is 0.106. The van der Waals surface area contributed by atoms with Crippen LogP contribution in [0.3, 0.4) is 0 Å². The predicted octanol–water partition coefficient (Wildman–Crippen LogP) is 0.797. The number of rotatable bonds is 2. The molecule has 0 aromatic carbocycles. The number of aromatic nitrogens is 3. The van der Waals surface area contributed by atoms with Gasteiger partial charge in [-0.25, -0.2) is 0 Å². The Kier molecular flexibility index (Phi) is 3.31. The Morgan fingerprint density at radius 1 is 1.41 bits per heavy atom. The van der Waals surface area contributed by atoms with E-state index >= 15 is 0 Å². The summed E-state index contributed by atoms with van der Waals surface area (Å²) in [4.78, 5) is 12.5. The Bertz CT molecular complexity index is 693. The SMILES string of the molecule is O=C(NC1CCOC2(CCOC2)C1)c1cnn2ncccc12. The van der Waals surface area contributed by atoms with E-state index in [1.165, 1.54) is 4.63 Å². The normalized spacial score (nSPS) is 28.3. The summed E-state index contributed by atoms with van der Waals surface area (Å²) in [7, 11) is 0. The van der Waals surface area contributed by atoms with E-state index in [4.69, 9.17) is 9.47 Å². The van der Waals surface area contributed by atoms with Crippen molar-refractivity contribution in [3.8, 4) is 0 Å². The second kappa shape index (κ2) is 5.33. The molecule has 0 saturated carbocycles. The highest BCUT2D eigenvalue weighted by Crippen LogP contribution is 2.32. The third-order valence-electron chi connectivity index (χ3n) is 4.44. The van der Waals surface area contributed by atoms with Crippen LogP contribution in [0.25, 0.3) is 5.52 Å². The number of fused-ring (bicyclic) bond motifs is 1. The molecule has 1 amide bonds. The Balaban J connectivity index is 1.49. The topological polar surface area (TPSA) is 77.8 Å². The van der Waals surface area contributed by atoms with Gasteiger partial charge < -0.3 is 14.8 Å². The van der Waals surface area contributed by atoms with Gasteiger partial charge in [0.05, 0.1) is 24.0 Å². The van der Waals surface area contributed by atoms with E-state index < -0.39 is 0 Å². The van der Waals surface area contributed by atoms with Gasteiger partial charge in [-0.15, -0.1) is 0 Å². The van der Waals surface area contributed by atoms with Crippen molar-refractivity contribution in [2.45, 2.75) is 30.9 Å². The molecule has 1 spiro atoms. The van der Waals surface area contributed by atoms with Gasteiger partial charge in [-0.05, 0) is 25.0 Å². The van der Waals surface area contributed by atoms with Crippen molar-refractivity contribution in [2.24, 2.45) is 0 Å². The van der Waals surface area contributed by atoms with Crippen LogP contribution in [0.1, 0.15) is 29.6 Å². The molecule has 7 heteroatoms. The standard InChI is InChI=1S/C15H18N4O3/c20-14(12-9-17-19-13(12)2-1-5-16-19)18-11-3-6-22-15(8-11)4-7-21-10-15/h1-2,5,9,11H,3-4,6-8,10H2,(H,18,20). The largest absolute Gasteiger partial charge is 0.378 e. The van der Waals surface area contributed by atoms with Crippen LogP contribution in [0.5, 0.6) is 0 Å². The molecule has 0 radical (unpaired) electrons. The minimum atomic E-state index is -0.209. The van der Waals surface area contributed by atoms with Crippen molar-refractivity contribution >= 4 is 11.4 Å². The summed E-state index contributed by atoms with van der Waals surface area (Å²) in [6.07, 6.45) is 5.73. The fourth-order valence-corrected chi connectivity index (χ4v) is 3.29. The Morgan fingerprint density at radius 3 is 3.23 bits per heavy atom. The van der Waals surface area contributed by atoms with Crippen molar-refractivity contribution in [1.29, 1.82) is 0 Å². The Hall–Kier alpha value is -1.99. The maximum absolute atomic E-state index is 12.5. The number of nitrogens with zero attached hydrogens (tertiary/aromatic N) is 3. The number of ether oxygens (including phenoxy) is 2. The third-order valence-corrected chi connectivity index (χ3v) is 4.44. The maximum Gasteiger partial charge on any atom is 0.255 e. The average Bonchev–Trinajstić information content (AvgIpc) is 3.14. The van der Waals surface area contributed by atoms with Crippen LogP contribution >= 0.6 is 0 Å². The lowest BCUT2D eigenvalue weighted by atomic mass is 9.89. The van der Waals surface area contributed by atoms with Gasteiger partial charge in [0.15, 0.2) is 0 Å². The lowest BCUT2D eigenvalue weighted by molar-refractivity contribution is -0.0880. The van der Waals surface area contributed by atoms with Gasteiger partial charge in [-0.3, -0.25) is 4.79 Å². The van der Waals surface area contributed by atoms with Crippen LogP contribution in [-0.2, 0) is 9.47 Å². The fourth-order valence-electron chi connectivity index (χ4n) is 3.29. The molecular weight excluding hydrogens is 284 g/mol. The maximum atomic E-state index is 12.5. The van der Waals surface area contributed by atoms with E-state index in [9.17, 15) is 4.79 Å². The number of carbonyl (C=O) groups excluding carboxylic acids is 1. The third kappa shape index (κ3) is 2.36. The van der Waals surface area contributed by atoms with Gasteiger partial charge in [-0.1, -0.05) is 0 Å². The highest BCUT2D eigenvalue weighted by Gasteiger charge is 2.41. The van der Waals surface area contributed by atoms with E-state index in [0.29, 0.717) is 24.3 Å². The molecule has 2 atom stereocenters. The summed E-state index contributed by atoms with van der Waals surface area (Å²) in [5.74, 6) is -0.107. The summed E-state index contributed by atoms with van der Waals surface area (Å²) in [5, 5.41) is 11.3. The van der Waals surface area contributed by atoms with E-state index in [-0.39, 0.29) is 17.6 Å². The molecule has 2 aliphatic heterocycles. The number of amides is 1. The molecule has 116 valence electrons. The van der Waals surface area contributed by atoms with E-state index in [0.717, 1.165) is 25.9 Å². The summed E-state index contributed by atoms with van der Waals surface area (Å²) in [5.41, 5.74) is 1.06. The summed E-state index contributed by atoms with van der Waals surface area (Å²) >= 11 is 0. The van der Waals surface area contributed by atoms with Crippen molar-refractivity contribution in [2.75, 3.05) is 19.8 Å². The van der Waals surface area contributed by atoms with E-state index in [1.807, 2.05) is 6.07 Å². The first kappa shape index (κ1) is 13.7. The van der Waals surface area contributed by atoms with Gasteiger partial charge >= 0.3 is 0 Å². The zero-order valence-corrected chi connectivity index (χ0v) is 12.2. The summed E-state index contributed by atoms with van der Waals surface area (Å²) in [6.45, 7) is 2.02. The molecule has 0 aliphatic carbocycles. The van der Waals surface area contributed by atoms with Crippen molar-refractivity contribution < 1.29 is 14.3 Å². The van der Waals surface area contributed by atoms with Crippen LogP contribution in [0.15, 0.2) is 24.5 Å². The molecule has 7 nitrogen and oxygen atoms in total. The van der Waals surface area contributed by atoms with Crippen molar-refractivity contribution in [1.82, 2.24) is 20.1 Å². The lowest BCUT2D eigenvalue weighted by Gasteiger charge is -2.37. The molecule has 4 rings (SSSR count). The predicted molar refractivity (Wildman–Crippen MR) is 77.6 cm³/mol. The van der Waals surface area contributed by atoms with Crippen LogP contribution in [0, 0.1) is 0 Å². The Labute approximate surface area is 127 Å². The first-order chi connectivity index (χ1) is 10.8. The first-order valence-electron chi connectivity index (χ1n) is 7.57. The molecule has 2 fully saturated rings. The second-order valence-corrected chi connectivity index (χ2v) is 5.95. The summed E-state index contributed by atoms with van der Waals surface area (Å²) in [6, 6.07) is 3.74. The minimum Gasteiger partial charge on any atom is -0.378 e. The smallest absolute Gasteiger partial charge is 0.255 e. The Morgan fingerprint density at radius 2 is 2.36 bits per heavy atom. The van der Waals surface area contributed by atoms with Gasteiger partial charge in [0, 0.05) is 31.9 Å². The average molecular weight is 302 g/mol. The van der Waals surface area contributed by atoms with Crippen LogP contribution in [0.4, 0.5) is 0 Å². The number of hydrogen-bond acceptors (Lipinski definition) is 5. The molecular formula is C15H18N4O3. The quantitative estimate of drug-likeness (QED) is 0.887. The highest BCUT2D eigenvalue weighted by atomic mass is 16.6. The van der Waals surface area contributed by atoms with E-state index in [2.05, 4.69) is 15.5 Å². The monoisotopic (exact) mass is 302 g/mol.